The van der Waals surface area contributed by atoms with E-state index < -0.39 is 18.0 Å². The van der Waals surface area contributed by atoms with Crippen LogP contribution in [0.3, 0.4) is 0 Å². The molecule has 1 aromatic heterocycles. The molecule has 0 spiro atoms. The first-order chi connectivity index (χ1) is 14.5. The van der Waals surface area contributed by atoms with Crippen molar-refractivity contribution in [3.63, 3.8) is 0 Å². The number of carbonyl (C=O) groups is 3. The second-order valence-electron chi connectivity index (χ2n) is 7.45. The summed E-state index contributed by atoms with van der Waals surface area (Å²) in [4.78, 5) is 40.0. The summed E-state index contributed by atoms with van der Waals surface area (Å²) in [7, 11) is 0. The van der Waals surface area contributed by atoms with Gasteiger partial charge in [0.2, 0.25) is 11.8 Å². The number of amides is 3. The van der Waals surface area contributed by atoms with Gasteiger partial charge in [-0.3, -0.25) is 19.5 Å². The zero-order chi connectivity index (χ0) is 21.3. The number of H-pyrrole nitrogens is 1. The summed E-state index contributed by atoms with van der Waals surface area (Å²) in [5.74, 6) is -0.983. The molecule has 2 atom stereocenters. The molecule has 30 heavy (non-hydrogen) atoms. The number of carbonyl (C=O) groups excluding carboxylic acids is 3. The van der Waals surface area contributed by atoms with Crippen LogP contribution in [0.4, 0.5) is 0 Å². The van der Waals surface area contributed by atoms with Crippen LogP contribution in [0.2, 0.25) is 0 Å². The van der Waals surface area contributed by atoms with Crippen LogP contribution in [0.1, 0.15) is 34.6 Å². The predicted octanol–water partition coefficient (Wildman–Crippen LogP) is 1.69. The molecule has 0 bridgehead atoms. The molecule has 3 amide bonds. The van der Waals surface area contributed by atoms with Gasteiger partial charge in [-0.2, -0.15) is 5.10 Å². The van der Waals surface area contributed by atoms with E-state index >= 15 is 0 Å². The molecule has 8 heteroatoms. The van der Waals surface area contributed by atoms with E-state index in [9.17, 15) is 14.4 Å². The molecule has 154 valence electrons. The van der Waals surface area contributed by atoms with Gasteiger partial charge in [0.15, 0.2) is 5.69 Å². The molecule has 3 aromatic rings. The molecule has 3 N–H and O–H groups in total. The average Bonchev–Trinajstić information content (AvgIpc) is 3.17. The molecule has 0 saturated carbocycles. The van der Waals surface area contributed by atoms with Crippen LogP contribution in [0.25, 0.3) is 10.9 Å². The molecule has 0 aliphatic carbocycles. The lowest BCUT2D eigenvalue weighted by molar-refractivity contribution is -0.144. The van der Waals surface area contributed by atoms with E-state index in [-0.39, 0.29) is 17.5 Å². The van der Waals surface area contributed by atoms with E-state index in [1.54, 1.807) is 13.0 Å². The first-order valence-corrected chi connectivity index (χ1v) is 9.84. The number of aromatic amines is 1. The van der Waals surface area contributed by atoms with Crippen molar-refractivity contribution < 1.29 is 14.4 Å². The Bertz CT molecular complexity index is 1120. The van der Waals surface area contributed by atoms with E-state index in [1.165, 1.54) is 4.90 Å². The van der Waals surface area contributed by atoms with Crippen LogP contribution in [-0.2, 0) is 9.59 Å². The maximum atomic E-state index is 13.2. The highest BCUT2D eigenvalue weighted by Gasteiger charge is 2.36. The normalized spacial score (nSPS) is 17.5. The second-order valence-corrected chi connectivity index (χ2v) is 7.45. The molecule has 8 nitrogen and oxygen atoms in total. The van der Waals surface area contributed by atoms with Gasteiger partial charge in [-0.25, -0.2) is 0 Å². The molecule has 1 fully saturated rings. The molecule has 2 unspecified atom stereocenters. The van der Waals surface area contributed by atoms with Crippen molar-refractivity contribution in [2.75, 3.05) is 13.1 Å². The largest absolute Gasteiger partial charge is 0.352 e. The Kier molecular flexibility index (Phi) is 5.22. The lowest BCUT2D eigenvalue weighted by atomic mass is 9.99. The van der Waals surface area contributed by atoms with Gasteiger partial charge in [-0.15, -0.1) is 0 Å². The molecule has 1 aliphatic rings. The molecule has 1 saturated heterocycles. The minimum atomic E-state index is -0.814. The summed E-state index contributed by atoms with van der Waals surface area (Å²) in [6.07, 6.45) is 0. The van der Waals surface area contributed by atoms with Gasteiger partial charge in [-0.05, 0) is 25.5 Å². The lowest BCUT2D eigenvalue weighted by Gasteiger charge is -2.37. The summed E-state index contributed by atoms with van der Waals surface area (Å²) in [6.45, 7) is 4.30. The fourth-order valence-electron chi connectivity index (χ4n) is 3.79. The number of nitrogens with zero attached hydrogens (tertiary/aromatic N) is 2. The lowest BCUT2D eigenvalue weighted by Crippen LogP contribution is -2.56. The fraction of sp³-hybridized carbons (Fsp3) is 0.273. The van der Waals surface area contributed by atoms with Gasteiger partial charge in [0.25, 0.3) is 5.91 Å². The Morgan fingerprint density at radius 2 is 2.00 bits per heavy atom. The number of hydrogen-bond donors (Lipinski definition) is 3. The number of benzene rings is 2. The summed E-state index contributed by atoms with van der Waals surface area (Å²) in [5, 5.41) is 13.1. The summed E-state index contributed by atoms with van der Waals surface area (Å²) < 4.78 is 0. The summed E-state index contributed by atoms with van der Waals surface area (Å²) in [6, 6.07) is 13.3. The zero-order valence-corrected chi connectivity index (χ0v) is 16.8. The van der Waals surface area contributed by atoms with E-state index in [4.69, 9.17) is 0 Å². The highest BCUT2D eigenvalue weighted by atomic mass is 16.2. The van der Waals surface area contributed by atoms with E-state index in [2.05, 4.69) is 20.8 Å². The second kappa shape index (κ2) is 7.98. The van der Waals surface area contributed by atoms with Crippen molar-refractivity contribution in [3.8, 4) is 0 Å². The van der Waals surface area contributed by atoms with Gasteiger partial charge in [-0.1, -0.05) is 48.0 Å². The Balaban J connectivity index is 1.54. The third kappa shape index (κ3) is 3.63. The quantitative estimate of drug-likeness (QED) is 0.614. The van der Waals surface area contributed by atoms with Crippen LogP contribution in [-0.4, -0.2) is 52.0 Å². The van der Waals surface area contributed by atoms with E-state index in [0.29, 0.717) is 18.5 Å². The van der Waals surface area contributed by atoms with Crippen LogP contribution in [0, 0.1) is 6.92 Å². The van der Waals surface area contributed by atoms with Crippen molar-refractivity contribution >= 4 is 28.6 Å². The number of fused-ring (bicyclic) bond motifs is 1. The number of nitrogens with one attached hydrogen (secondary N) is 3. The van der Waals surface area contributed by atoms with Gasteiger partial charge in [0.1, 0.15) is 12.1 Å². The van der Waals surface area contributed by atoms with Crippen LogP contribution < -0.4 is 10.6 Å². The smallest absolute Gasteiger partial charge is 0.273 e. The van der Waals surface area contributed by atoms with Crippen LogP contribution in [0.15, 0.2) is 48.5 Å². The maximum Gasteiger partial charge on any atom is 0.273 e. The minimum absolute atomic E-state index is 0.225. The van der Waals surface area contributed by atoms with Crippen molar-refractivity contribution in [3.05, 3.63) is 65.4 Å². The molecular weight excluding hydrogens is 382 g/mol. The minimum Gasteiger partial charge on any atom is -0.352 e. The first-order valence-electron chi connectivity index (χ1n) is 9.84. The molecule has 4 rings (SSSR count). The van der Waals surface area contributed by atoms with Gasteiger partial charge < -0.3 is 15.5 Å². The monoisotopic (exact) mass is 405 g/mol. The third-order valence-electron chi connectivity index (χ3n) is 5.26. The zero-order valence-electron chi connectivity index (χ0n) is 16.8. The average molecular weight is 405 g/mol. The molecule has 0 radical (unpaired) electrons. The molecular formula is C22H23N5O3. The summed E-state index contributed by atoms with van der Waals surface area (Å²) in [5.41, 5.74) is 2.73. The van der Waals surface area contributed by atoms with E-state index in [1.807, 2.05) is 49.4 Å². The van der Waals surface area contributed by atoms with Crippen molar-refractivity contribution in [1.82, 2.24) is 25.7 Å². The topological polar surface area (TPSA) is 107 Å². The first kappa shape index (κ1) is 19.6. The molecule has 2 aromatic carbocycles. The Morgan fingerprint density at radius 1 is 1.20 bits per heavy atom. The SMILES string of the molecule is Cc1cccc(C2C(=O)NCCN2C(=O)C(C)NC(=O)c2n[nH]c3ccccc23)c1. The predicted molar refractivity (Wildman–Crippen MR) is 112 cm³/mol. The van der Waals surface area contributed by atoms with Crippen molar-refractivity contribution in [2.24, 2.45) is 0 Å². The third-order valence-corrected chi connectivity index (χ3v) is 5.26. The van der Waals surface area contributed by atoms with Crippen LogP contribution >= 0.6 is 0 Å². The van der Waals surface area contributed by atoms with E-state index in [0.717, 1.165) is 16.6 Å². The standard InChI is InChI=1S/C22H23N5O3/c1-13-6-5-7-15(12-13)19-21(29)23-10-11-27(19)22(30)14(2)24-20(28)18-16-8-3-4-9-17(16)25-26-18/h3-9,12,14,19H,10-11H2,1-2H3,(H,23,29)(H,24,28)(H,25,26). The number of para-hydroxylation sites is 1. The molecule has 1 aliphatic heterocycles. The van der Waals surface area contributed by atoms with Gasteiger partial charge in [0.05, 0.1) is 5.52 Å². The highest BCUT2D eigenvalue weighted by molar-refractivity contribution is 6.06. The molecule has 2 heterocycles. The fourth-order valence-corrected chi connectivity index (χ4v) is 3.79. The Morgan fingerprint density at radius 3 is 2.80 bits per heavy atom. The number of hydrogen-bond acceptors (Lipinski definition) is 4. The van der Waals surface area contributed by atoms with Gasteiger partial charge in [0, 0.05) is 18.5 Å². The maximum absolute atomic E-state index is 13.2. The Hall–Kier alpha value is -3.68. The van der Waals surface area contributed by atoms with Gasteiger partial charge >= 0.3 is 0 Å². The van der Waals surface area contributed by atoms with Crippen molar-refractivity contribution in [1.29, 1.82) is 0 Å². The Labute approximate surface area is 173 Å². The van der Waals surface area contributed by atoms with Crippen LogP contribution in [0.5, 0.6) is 0 Å². The summed E-state index contributed by atoms with van der Waals surface area (Å²) >= 11 is 0. The number of piperazine rings is 1. The highest BCUT2D eigenvalue weighted by Crippen LogP contribution is 2.25. The number of aromatic nitrogens is 2. The number of aryl methyl sites for hydroxylation is 1. The number of rotatable bonds is 4. The van der Waals surface area contributed by atoms with Crippen molar-refractivity contribution in [2.45, 2.75) is 25.9 Å².